The van der Waals surface area contributed by atoms with Gasteiger partial charge in [0.25, 0.3) is 0 Å². The maximum Gasteiger partial charge on any atom is 0.237 e. The molecule has 0 aliphatic carbocycles. The van der Waals surface area contributed by atoms with Gasteiger partial charge in [0, 0.05) is 66.5 Å². The van der Waals surface area contributed by atoms with Crippen molar-refractivity contribution in [2.24, 2.45) is 0 Å². The van der Waals surface area contributed by atoms with Gasteiger partial charge in [0.1, 0.15) is 0 Å². The number of thiophene rings is 1. The molecule has 0 aliphatic heterocycles. The Morgan fingerprint density at radius 3 is 0.789 bits per heavy atom. The van der Waals surface area contributed by atoms with E-state index in [-0.39, 0.29) is 0 Å². The molecule has 0 spiro atoms. The van der Waals surface area contributed by atoms with Gasteiger partial charge in [0.05, 0.1) is 110 Å². The van der Waals surface area contributed by atoms with Crippen molar-refractivity contribution in [3.63, 3.8) is 0 Å². The zero-order valence-electron chi connectivity index (χ0n) is 78.4. The molecule has 0 N–H and O–H groups in total. The highest BCUT2D eigenvalue weighted by molar-refractivity contribution is 7.26. The fourth-order valence-corrected chi connectivity index (χ4v) is 22.2. The molecule has 0 amide bonds. The second-order valence-electron chi connectivity index (χ2n) is 36.6. The molecular formula is C126H78N20S. The second-order valence-corrected chi connectivity index (χ2v) is 37.6. The lowest BCUT2D eigenvalue weighted by Crippen LogP contribution is -2.01. The quantitative estimate of drug-likeness (QED) is 0.126. The van der Waals surface area contributed by atoms with Gasteiger partial charge in [-0.1, -0.05) is 315 Å². The van der Waals surface area contributed by atoms with Gasteiger partial charge in [0.15, 0.2) is 0 Å². The Labute approximate surface area is 840 Å². The van der Waals surface area contributed by atoms with E-state index in [0.29, 0.717) is 23.8 Å². The third kappa shape index (κ3) is 14.2. The molecule has 0 atom stereocenters. The standard InChI is InChI=1S/C33H19N5S.2C33H21N5.C27H17N5/c1-3-12-25-21(8-1)19-34-32(35-25)38-28-17-16-20(18-29(28)37-27-14-5-4-13-26(27)36-33(37)38)22-10-7-11-24-23-9-2-6-15-30(23)39-31(22)24;1-2-9-22(10-3-1)23-12-8-13-24(19-23)25-17-18-30-31(20-25)37-29-16-7-6-15-28(29)36-33(37)38(30)32-34-21-26-11-4-5-14-27(26)35-32;1-2-8-22(9-3-1)23-14-16-24(17-15-23)25-18-19-30-31(20-25)37-29-13-7-6-12-28(29)36-33(37)38(30)32-34-21-26-10-4-5-11-27(26)35-32;1-2-8-18(9-3-1)19-14-15-24-25(16-19)31-23-13-7-6-12-22(23)30-27(31)32(24)26-28-17-20-10-4-5-11-21(20)29-26/h1-19H;2*1-21H;1-17H. The molecule has 19 aromatic carbocycles. The van der Waals surface area contributed by atoms with Crippen LogP contribution in [-0.2, 0) is 0 Å². The lowest BCUT2D eigenvalue weighted by atomic mass is 9.99. The van der Waals surface area contributed by atoms with E-state index in [9.17, 15) is 0 Å². The van der Waals surface area contributed by atoms with Gasteiger partial charge < -0.3 is 0 Å². The van der Waals surface area contributed by atoms with E-state index in [0.717, 1.165) is 172 Å². The Bertz CT molecular complexity index is 10900. The minimum atomic E-state index is 0.609. The molecule has 0 saturated heterocycles. The van der Waals surface area contributed by atoms with Crippen molar-refractivity contribution in [3.8, 4) is 90.6 Å². The first-order valence-electron chi connectivity index (χ1n) is 48.7. The van der Waals surface area contributed by atoms with Gasteiger partial charge in [-0.2, -0.15) is 0 Å². The largest absolute Gasteiger partial charge is 0.276 e. The van der Waals surface area contributed by atoms with Crippen LogP contribution in [0, 0.1) is 0 Å². The highest BCUT2D eigenvalue weighted by Crippen LogP contribution is 2.44. The Hall–Kier alpha value is -20.2. The molecule has 32 rings (SSSR count). The summed E-state index contributed by atoms with van der Waals surface area (Å²) < 4.78 is 19.7. The zero-order chi connectivity index (χ0) is 96.7. The van der Waals surface area contributed by atoms with E-state index < -0.39 is 0 Å². The lowest BCUT2D eigenvalue weighted by molar-refractivity contribution is 0.983. The summed E-state index contributed by atoms with van der Waals surface area (Å²) in [7, 11) is 0. The van der Waals surface area contributed by atoms with Crippen LogP contribution in [0.15, 0.2) is 474 Å². The molecule has 20 nitrogen and oxygen atoms in total. The van der Waals surface area contributed by atoms with Crippen LogP contribution in [-0.4, -0.2) is 95.7 Å². The first kappa shape index (κ1) is 83.8. The molecule has 0 aliphatic rings. The number of para-hydroxylation sites is 12. The lowest BCUT2D eigenvalue weighted by Gasteiger charge is -2.08. The number of fused-ring (bicyclic) bond motifs is 27. The van der Waals surface area contributed by atoms with E-state index in [1.165, 1.54) is 70.2 Å². The van der Waals surface area contributed by atoms with Gasteiger partial charge >= 0.3 is 0 Å². The van der Waals surface area contributed by atoms with E-state index in [1.807, 2.05) is 200 Å². The highest BCUT2D eigenvalue weighted by Gasteiger charge is 2.27. The minimum Gasteiger partial charge on any atom is -0.276 e. The van der Waals surface area contributed by atoms with Crippen LogP contribution >= 0.6 is 11.3 Å². The van der Waals surface area contributed by atoms with Crippen LogP contribution in [0.4, 0.5) is 0 Å². The number of hydrogen-bond donors (Lipinski definition) is 0. The van der Waals surface area contributed by atoms with Crippen molar-refractivity contribution in [1.82, 2.24) is 95.7 Å². The smallest absolute Gasteiger partial charge is 0.237 e. The Morgan fingerprint density at radius 1 is 0.163 bits per heavy atom. The van der Waals surface area contributed by atoms with E-state index >= 15 is 0 Å². The van der Waals surface area contributed by atoms with Crippen molar-refractivity contribution in [3.05, 3.63) is 474 Å². The van der Waals surface area contributed by atoms with Gasteiger partial charge in [-0.25, -0.2) is 78.1 Å². The van der Waals surface area contributed by atoms with Crippen molar-refractivity contribution in [2.45, 2.75) is 0 Å². The molecule has 13 aromatic heterocycles. The zero-order valence-corrected chi connectivity index (χ0v) is 79.2. The Balaban J connectivity index is 0.0000000928. The SMILES string of the molecule is c1ccc(-c2ccc(-c3ccc4c(c3)n3c5ccccc5nc3n4-c3ncc4ccccc4n3)cc2)cc1.c1ccc(-c2ccc3c(c2)n2c4ccccc4nc2n3-c2ncc3ccccc3n2)cc1.c1ccc(-c2cccc(-c3ccc4c(c3)n3c5ccccc5nc3n4-c3ncc4ccccc4n3)c2)cc1.c1ccc2nc(-n3c4ccc(-c5cccc6c5sc5ccccc56)cc4n4c5ccccc5nc34)ncc2c1. The van der Waals surface area contributed by atoms with Crippen LogP contribution < -0.4 is 0 Å². The van der Waals surface area contributed by atoms with Gasteiger partial charge in [-0.05, 0) is 200 Å². The fraction of sp³-hybridized carbons (Fsp3) is 0. The van der Waals surface area contributed by atoms with Gasteiger partial charge in [0.2, 0.25) is 46.9 Å². The number of aromatic nitrogens is 20. The topological polar surface area (TPSA) is 192 Å². The van der Waals surface area contributed by atoms with Gasteiger partial charge in [-0.3, -0.25) is 17.6 Å². The molecule has 0 radical (unpaired) electrons. The molecule has 13 heterocycles. The van der Waals surface area contributed by atoms with E-state index in [1.54, 1.807) is 0 Å². The third-order valence-electron chi connectivity index (χ3n) is 28.0. The van der Waals surface area contributed by atoms with Crippen LogP contribution in [0.2, 0.25) is 0 Å². The fourth-order valence-electron chi connectivity index (χ4n) is 21.0. The summed E-state index contributed by atoms with van der Waals surface area (Å²) in [6, 6.07) is 156. The molecule has 0 fully saturated rings. The maximum atomic E-state index is 5.04. The molecule has 32 aromatic rings. The summed E-state index contributed by atoms with van der Waals surface area (Å²) in [6.07, 6.45) is 7.53. The second kappa shape index (κ2) is 34.4. The summed E-state index contributed by atoms with van der Waals surface area (Å²) in [5.41, 5.74) is 34.2. The summed E-state index contributed by atoms with van der Waals surface area (Å²) in [5.74, 6) is 5.66. The van der Waals surface area contributed by atoms with E-state index in [2.05, 4.69) is 321 Å². The summed E-state index contributed by atoms with van der Waals surface area (Å²) >= 11 is 1.86. The molecule has 0 bridgehead atoms. The van der Waals surface area contributed by atoms with Crippen LogP contribution in [0.3, 0.4) is 0 Å². The first-order chi connectivity index (χ1) is 72.9. The van der Waals surface area contributed by atoms with Crippen LogP contribution in [0.25, 0.3) is 266 Å². The Morgan fingerprint density at radius 2 is 0.415 bits per heavy atom. The molecular weight excluding hydrogens is 1830 g/mol. The maximum absolute atomic E-state index is 5.04. The molecule has 147 heavy (non-hydrogen) atoms. The van der Waals surface area contributed by atoms with Gasteiger partial charge in [-0.15, -0.1) is 11.3 Å². The van der Waals surface area contributed by atoms with Crippen molar-refractivity contribution < 1.29 is 0 Å². The summed E-state index contributed by atoms with van der Waals surface area (Å²) in [4.78, 5) is 58.6. The first-order valence-corrected chi connectivity index (χ1v) is 49.5. The third-order valence-corrected chi connectivity index (χ3v) is 29.2. The Kier molecular flexibility index (Phi) is 19.6. The number of benzene rings is 19. The summed E-state index contributed by atoms with van der Waals surface area (Å²) in [6.45, 7) is 0. The minimum absolute atomic E-state index is 0.609. The average Bonchev–Trinajstić information content (AvgIpc) is 1.58. The number of rotatable bonds is 10. The van der Waals surface area contributed by atoms with Crippen LogP contribution in [0.1, 0.15) is 0 Å². The number of hydrogen-bond acceptors (Lipinski definition) is 13. The molecule has 688 valence electrons. The van der Waals surface area contributed by atoms with Crippen molar-refractivity contribution in [1.29, 1.82) is 0 Å². The van der Waals surface area contributed by atoms with Crippen molar-refractivity contribution >= 4 is 186 Å². The normalized spacial score (nSPS) is 11.8. The monoisotopic (exact) mass is 1900 g/mol. The highest BCUT2D eigenvalue weighted by atomic mass is 32.1. The van der Waals surface area contributed by atoms with E-state index in [4.69, 9.17) is 59.8 Å². The summed E-state index contributed by atoms with van der Waals surface area (Å²) in [5, 5.41) is 6.66. The predicted molar refractivity (Wildman–Crippen MR) is 596 cm³/mol. The predicted octanol–water partition coefficient (Wildman–Crippen LogP) is 29.9. The number of imidazole rings is 8. The average molecular weight is 1900 g/mol. The molecule has 0 saturated carbocycles. The van der Waals surface area contributed by atoms with Crippen LogP contribution in [0.5, 0.6) is 0 Å². The number of nitrogens with zero attached hydrogens (tertiary/aromatic N) is 20. The van der Waals surface area contributed by atoms with Crippen molar-refractivity contribution in [2.75, 3.05) is 0 Å². The molecule has 21 heteroatoms. The molecule has 0 unspecified atom stereocenters.